The standard InChI is InChI=1S/C27H31N5O5/c1-15(33)31-17-5-7-18(8-6-17)32-27(34)19-11-28-25-23(19)29-13-30-24(25)22-20(35-12-16-3-2-4-16)9-10-21-26(22)37-14-36-21/h9-11,13,16-18,28H,2-8,12,14H2,1H3,(H,31,33)(H,32,34). The Kier molecular flexibility index (Phi) is 6.31. The average Bonchev–Trinajstić information content (AvgIpc) is 3.51. The lowest BCUT2D eigenvalue weighted by Crippen LogP contribution is -2.43. The topological polar surface area (TPSA) is 127 Å². The summed E-state index contributed by atoms with van der Waals surface area (Å²) in [5, 5.41) is 6.11. The van der Waals surface area contributed by atoms with Crippen molar-refractivity contribution in [3.8, 4) is 28.5 Å². The molecule has 3 N–H and O–H groups in total. The molecule has 37 heavy (non-hydrogen) atoms. The third-order valence-electron chi connectivity index (χ3n) is 7.61. The van der Waals surface area contributed by atoms with Crippen LogP contribution in [0, 0.1) is 5.92 Å². The highest BCUT2D eigenvalue weighted by Gasteiger charge is 2.29. The van der Waals surface area contributed by atoms with Gasteiger partial charge in [0.2, 0.25) is 12.7 Å². The van der Waals surface area contributed by atoms with E-state index in [1.807, 2.05) is 12.1 Å². The number of nitrogens with zero attached hydrogens (tertiary/aromatic N) is 2. The molecular formula is C27H31N5O5. The Morgan fingerprint density at radius 2 is 1.84 bits per heavy atom. The minimum absolute atomic E-state index is 0.0145. The molecule has 2 amide bonds. The van der Waals surface area contributed by atoms with Gasteiger partial charge in [-0.2, -0.15) is 0 Å². The molecule has 10 heteroatoms. The van der Waals surface area contributed by atoms with E-state index < -0.39 is 0 Å². The molecule has 0 saturated heterocycles. The molecule has 194 valence electrons. The zero-order valence-electron chi connectivity index (χ0n) is 20.8. The maximum Gasteiger partial charge on any atom is 0.255 e. The number of benzene rings is 1. The van der Waals surface area contributed by atoms with Crippen LogP contribution in [-0.4, -0.2) is 52.2 Å². The number of fused-ring (bicyclic) bond motifs is 2. The molecule has 0 radical (unpaired) electrons. The highest BCUT2D eigenvalue weighted by molar-refractivity contribution is 6.08. The van der Waals surface area contributed by atoms with Crippen LogP contribution in [0.25, 0.3) is 22.3 Å². The predicted octanol–water partition coefficient (Wildman–Crippen LogP) is 3.71. The Bertz CT molecular complexity index is 1330. The largest absolute Gasteiger partial charge is 0.492 e. The summed E-state index contributed by atoms with van der Waals surface area (Å²) in [5.74, 6) is 2.27. The zero-order chi connectivity index (χ0) is 25.4. The normalized spacial score (nSPS) is 20.9. The number of carbonyl (C=O) groups is 2. The number of H-pyrrole nitrogens is 1. The maximum absolute atomic E-state index is 13.2. The summed E-state index contributed by atoms with van der Waals surface area (Å²) in [5.41, 5.74) is 2.94. The van der Waals surface area contributed by atoms with Crippen LogP contribution in [0.2, 0.25) is 0 Å². The molecular weight excluding hydrogens is 474 g/mol. The molecule has 3 aliphatic rings. The van der Waals surface area contributed by atoms with Crippen LogP contribution < -0.4 is 24.8 Å². The van der Waals surface area contributed by atoms with Crippen LogP contribution in [0.1, 0.15) is 62.2 Å². The summed E-state index contributed by atoms with van der Waals surface area (Å²) >= 11 is 0. The molecule has 2 saturated carbocycles. The van der Waals surface area contributed by atoms with Crippen LogP contribution in [0.4, 0.5) is 0 Å². The number of rotatable bonds is 7. The van der Waals surface area contributed by atoms with Gasteiger partial charge in [-0.3, -0.25) is 9.59 Å². The number of aromatic amines is 1. The van der Waals surface area contributed by atoms with Gasteiger partial charge in [0.25, 0.3) is 5.91 Å². The van der Waals surface area contributed by atoms with E-state index >= 15 is 0 Å². The molecule has 0 unspecified atom stereocenters. The minimum atomic E-state index is -0.182. The average molecular weight is 506 g/mol. The van der Waals surface area contributed by atoms with Crippen LogP contribution in [-0.2, 0) is 4.79 Å². The third-order valence-corrected chi connectivity index (χ3v) is 7.61. The number of carbonyl (C=O) groups excluding carboxylic acids is 2. The van der Waals surface area contributed by atoms with Crippen molar-refractivity contribution in [2.24, 2.45) is 5.92 Å². The highest BCUT2D eigenvalue weighted by atomic mass is 16.7. The maximum atomic E-state index is 13.2. The second-order valence-corrected chi connectivity index (χ2v) is 10.2. The summed E-state index contributed by atoms with van der Waals surface area (Å²) < 4.78 is 17.7. The second-order valence-electron chi connectivity index (χ2n) is 10.2. The Morgan fingerprint density at radius 3 is 2.57 bits per heavy atom. The monoisotopic (exact) mass is 505 g/mol. The van der Waals surface area contributed by atoms with Gasteiger partial charge in [-0.1, -0.05) is 6.42 Å². The molecule has 0 atom stereocenters. The highest BCUT2D eigenvalue weighted by Crippen LogP contribution is 2.48. The van der Waals surface area contributed by atoms with Gasteiger partial charge >= 0.3 is 0 Å². The van der Waals surface area contributed by atoms with E-state index in [9.17, 15) is 9.59 Å². The van der Waals surface area contributed by atoms with Crippen molar-refractivity contribution >= 4 is 22.8 Å². The van der Waals surface area contributed by atoms with E-state index in [0.29, 0.717) is 57.6 Å². The lowest BCUT2D eigenvalue weighted by Gasteiger charge is -2.29. The molecule has 1 aliphatic heterocycles. The molecule has 0 spiro atoms. The van der Waals surface area contributed by atoms with Gasteiger partial charge in [-0.05, 0) is 56.6 Å². The van der Waals surface area contributed by atoms with Gasteiger partial charge < -0.3 is 29.8 Å². The molecule has 2 aromatic heterocycles. The summed E-state index contributed by atoms with van der Waals surface area (Å²) in [6.45, 7) is 2.31. The van der Waals surface area contributed by atoms with E-state index in [2.05, 4.69) is 25.6 Å². The second kappa shape index (κ2) is 9.91. The number of hydrogen-bond acceptors (Lipinski definition) is 7. The van der Waals surface area contributed by atoms with E-state index in [4.69, 9.17) is 14.2 Å². The van der Waals surface area contributed by atoms with E-state index in [-0.39, 0.29) is 30.7 Å². The van der Waals surface area contributed by atoms with E-state index in [0.717, 1.165) is 25.7 Å². The van der Waals surface area contributed by atoms with E-state index in [1.165, 1.54) is 32.5 Å². The van der Waals surface area contributed by atoms with Crippen molar-refractivity contribution in [1.82, 2.24) is 25.6 Å². The summed E-state index contributed by atoms with van der Waals surface area (Å²) in [4.78, 5) is 36.8. The Morgan fingerprint density at radius 1 is 1.05 bits per heavy atom. The summed E-state index contributed by atoms with van der Waals surface area (Å²) in [6.07, 6.45) is 10.1. The molecule has 3 aromatic rings. The number of aromatic nitrogens is 3. The van der Waals surface area contributed by atoms with Crippen molar-refractivity contribution in [3.63, 3.8) is 0 Å². The number of hydrogen-bond donors (Lipinski definition) is 3. The van der Waals surface area contributed by atoms with Crippen molar-refractivity contribution in [2.75, 3.05) is 13.4 Å². The van der Waals surface area contributed by atoms with Crippen molar-refractivity contribution in [3.05, 3.63) is 30.2 Å². The number of amides is 2. The molecule has 2 fully saturated rings. The SMILES string of the molecule is CC(=O)NC1CCC(NC(=O)c2c[nH]c3c(-c4c(OCC5CCC5)ccc5c4OCO5)ncnc23)CC1. The van der Waals surface area contributed by atoms with Crippen molar-refractivity contribution in [1.29, 1.82) is 0 Å². The van der Waals surface area contributed by atoms with Crippen LogP contribution in [0.15, 0.2) is 24.7 Å². The van der Waals surface area contributed by atoms with Crippen molar-refractivity contribution in [2.45, 2.75) is 64.0 Å². The Balaban J connectivity index is 1.26. The first-order chi connectivity index (χ1) is 18.1. The van der Waals surface area contributed by atoms with Crippen LogP contribution >= 0.6 is 0 Å². The van der Waals surface area contributed by atoms with Gasteiger partial charge in [0.05, 0.1) is 23.3 Å². The van der Waals surface area contributed by atoms with Crippen LogP contribution in [0.5, 0.6) is 17.2 Å². The molecule has 0 bridgehead atoms. The first kappa shape index (κ1) is 23.6. The van der Waals surface area contributed by atoms with Gasteiger partial charge in [0.1, 0.15) is 23.3 Å². The van der Waals surface area contributed by atoms with E-state index in [1.54, 1.807) is 6.20 Å². The minimum Gasteiger partial charge on any atom is -0.492 e. The fraction of sp³-hybridized carbons (Fsp3) is 0.481. The smallest absolute Gasteiger partial charge is 0.255 e. The summed E-state index contributed by atoms with van der Waals surface area (Å²) in [7, 11) is 0. The predicted molar refractivity (Wildman–Crippen MR) is 136 cm³/mol. The van der Waals surface area contributed by atoms with Crippen molar-refractivity contribution < 1.29 is 23.8 Å². The lowest BCUT2D eigenvalue weighted by atomic mass is 9.86. The number of nitrogens with one attached hydrogen (secondary N) is 3. The first-order valence-electron chi connectivity index (χ1n) is 13.0. The molecule has 2 aliphatic carbocycles. The fourth-order valence-corrected chi connectivity index (χ4v) is 5.40. The van der Waals surface area contributed by atoms with Gasteiger partial charge in [-0.15, -0.1) is 0 Å². The lowest BCUT2D eigenvalue weighted by molar-refractivity contribution is -0.119. The Hall–Kier alpha value is -3.82. The molecule has 6 rings (SSSR count). The van der Waals surface area contributed by atoms with Crippen LogP contribution in [0.3, 0.4) is 0 Å². The number of ether oxygens (including phenoxy) is 3. The van der Waals surface area contributed by atoms with Gasteiger partial charge in [0, 0.05) is 25.2 Å². The molecule has 3 heterocycles. The quantitative estimate of drug-likeness (QED) is 0.447. The summed E-state index contributed by atoms with van der Waals surface area (Å²) in [6, 6.07) is 3.98. The third kappa shape index (κ3) is 4.68. The molecule has 1 aromatic carbocycles. The first-order valence-corrected chi connectivity index (χ1v) is 13.0. The van der Waals surface area contributed by atoms with Gasteiger partial charge in [0.15, 0.2) is 11.5 Å². The van der Waals surface area contributed by atoms with Gasteiger partial charge in [-0.25, -0.2) is 9.97 Å². The zero-order valence-corrected chi connectivity index (χ0v) is 20.8. The Labute approximate surface area is 214 Å². The fourth-order valence-electron chi connectivity index (χ4n) is 5.40. The molecule has 10 nitrogen and oxygen atoms in total.